The van der Waals surface area contributed by atoms with Crippen LogP contribution < -0.4 is 21.9 Å². The largest absolute Gasteiger partial charge is 0.494 e. The molecule has 10 heteroatoms. The molecule has 0 spiro atoms. The second-order valence-corrected chi connectivity index (χ2v) is 3.51. The minimum absolute atomic E-state index is 0.286. The molecular formula is C10H11F4N5O. The molecule has 0 saturated carbocycles. The minimum Gasteiger partial charge on any atom is -0.494 e. The topological polar surface area (TPSA) is 112 Å². The molecule has 6 N–H and O–H groups in total. The van der Waals surface area contributed by atoms with Gasteiger partial charge in [0, 0.05) is 6.07 Å². The molecule has 0 fully saturated rings. The van der Waals surface area contributed by atoms with Gasteiger partial charge in [0.15, 0.2) is 11.7 Å². The van der Waals surface area contributed by atoms with Crippen LogP contribution in [0.15, 0.2) is 22.1 Å². The second-order valence-electron chi connectivity index (χ2n) is 3.51. The summed E-state index contributed by atoms with van der Waals surface area (Å²) in [7, 11) is 0.984. The van der Waals surface area contributed by atoms with Gasteiger partial charge in [0.05, 0.1) is 7.11 Å². The molecule has 0 atom stereocenters. The predicted molar refractivity (Wildman–Crippen MR) is 65.0 cm³/mol. The molecule has 0 saturated heterocycles. The third kappa shape index (κ3) is 3.73. The van der Waals surface area contributed by atoms with Crippen molar-refractivity contribution < 1.29 is 22.3 Å². The third-order valence-electron chi connectivity index (χ3n) is 2.02. The quantitative estimate of drug-likeness (QED) is 0.430. The van der Waals surface area contributed by atoms with E-state index >= 15 is 0 Å². The summed E-state index contributed by atoms with van der Waals surface area (Å²) < 4.78 is 56.1. The monoisotopic (exact) mass is 293 g/mol. The van der Waals surface area contributed by atoms with Crippen molar-refractivity contribution in [1.82, 2.24) is 0 Å². The summed E-state index contributed by atoms with van der Waals surface area (Å²) in [5.74, 6) is -2.83. The lowest BCUT2D eigenvalue weighted by molar-refractivity contribution is -0.138. The van der Waals surface area contributed by atoms with E-state index in [1.165, 1.54) is 0 Å². The van der Waals surface area contributed by atoms with Crippen molar-refractivity contribution >= 4 is 17.6 Å². The van der Waals surface area contributed by atoms with Gasteiger partial charge in [-0.05, 0) is 6.07 Å². The number of hydrogen-bond acceptors (Lipinski definition) is 2. The van der Waals surface area contributed by atoms with E-state index in [-0.39, 0.29) is 6.07 Å². The van der Waals surface area contributed by atoms with Gasteiger partial charge in [-0.2, -0.15) is 18.2 Å². The highest BCUT2D eigenvalue weighted by molar-refractivity contribution is 5.94. The van der Waals surface area contributed by atoms with Crippen LogP contribution in [0.3, 0.4) is 0 Å². The molecule has 20 heavy (non-hydrogen) atoms. The molecule has 110 valence electrons. The van der Waals surface area contributed by atoms with Crippen molar-refractivity contribution in [1.29, 1.82) is 0 Å². The molecular weight excluding hydrogens is 282 g/mol. The van der Waals surface area contributed by atoms with E-state index in [4.69, 9.17) is 17.2 Å². The molecule has 0 unspecified atom stereocenters. The number of alkyl halides is 3. The number of guanidine groups is 2. The maximum absolute atomic E-state index is 13.2. The Bertz CT molecular complexity index is 564. The van der Waals surface area contributed by atoms with Crippen LogP contribution in [-0.4, -0.2) is 19.0 Å². The van der Waals surface area contributed by atoms with Crippen molar-refractivity contribution in [3.05, 3.63) is 23.5 Å². The first kappa shape index (κ1) is 15.5. The van der Waals surface area contributed by atoms with Crippen molar-refractivity contribution in [2.75, 3.05) is 7.11 Å². The number of ether oxygens (including phenoxy) is 1. The van der Waals surface area contributed by atoms with Gasteiger partial charge in [0.2, 0.25) is 5.96 Å². The van der Waals surface area contributed by atoms with Crippen molar-refractivity contribution in [3.63, 3.8) is 0 Å². The molecule has 0 aliphatic carbocycles. The summed E-state index contributed by atoms with van der Waals surface area (Å²) >= 11 is 0. The van der Waals surface area contributed by atoms with Crippen LogP contribution in [0.1, 0.15) is 5.56 Å². The normalized spacial score (nSPS) is 12.2. The van der Waals surface area contributed by atoms with Gasteiger partial charge in [0.25, 0.3) is 0 Å². The van der Waals surface area contributed by atoms with Crippen molar-refractivity contribution in [2.24, 2.45) is 27.2 Å². The van der Waals surface area contributed by atoms with E-state index in [0.717, 1.165) is 7.11 Å². The molecule has 1 aromatic carbocycles. The van der Waals surface area contributed by atoms with Gasteiger partial charge in [-0.1, -0.05) is 0 Å². The number of nitrogens with two attached hydrogens (primary N) is 3. The maximum Gasteiger partial charge on any atom is 0.420 e. The summed E-state index contributed by atoms with van der Waals surface area (Å²) in [6.07, 6.45) is -4.82. The highest BCUT2D eigenvalue weighted by atomic mass is 19.4. The van der Waals surface area contributed by atoms with Gasteiger partial charge in [0.1, 0.15) is 17.1 Å². The van der Waals surface area contributed by atoms with E-state index in [1.54, 1.807) is 0 Å². The highest BCUT2D eigenvalue weighted by Crippen LogP contribution is 2.42. The van der Waals surface area contributed by atoms with Gasteiger partial charge >= 0.3 is 6.18 Å². The summed E-state index contributed by atoms with van der Waals surface area (Å²) in [5.41, 5.74) is 13.5. The van der Waals surface area contributed by atoms with Crippen molar-refractivity contribution in [2.45, 2.75) is 6.18 Å². The lowest BCUT2D eigenvalue weighted by Crippen LogP contribution is -2.26. The fourth-order valence-corrected chi connectivity index (χ4v) is 1.37. The second kappa shape index (κ2) is 5.63. The average Bonchev–Trinajstić information content (AvgIpc) is 2.25. The zero-order chi connectivity index (χ0) is 15.5. The highest BCUT2D eigenvalue weighted by Gasteiger charge is 2.36. The lowest BCUT2D eigenvalue weighted by atomic mass is 10.1. The number of methoxy groups -OCH3 is 1. The Kier molecular flexibility index (Phi) is 4.38. The molecule has 0 aliphatic rings. The van der Waals surface area contributed by atoms with Crippen molar-refractivity contribution in [3.8, 4) is 5.75 Å². The first-order chi connectivity index (χ1) is 9.15. The Morgan fingerprint density at radius 1 is 1.20 bits per heavy atom. The first-order valence-electron chi connectivity index (χ1n) is 5.03. The van der Waals surface area contributed by atoms with Crippen LogP contribution in [0.2, 0.25) is 0 Å². The van der Waals surface area contributed by atoms with E-state index in [2.05, 4.69) is 14.7 Å². The number of hydrogen-bond donors (Lipinski definition) is 3. The molecule has 1 aromatic rings. The Hall–Kier alpha value is -2.52. The number of halogens is 4. The Morgan fingerprint density at radius 3 is 2.25 bits per heavy atom. The summed E-state index contributed by atoms with van der Waals surface area (Å²) in [6, 6.07) is 0.998. The Morgan fingerprint density at radius 2 is 1.80 bits per heavy atom. The number of benzene rings is 1. The fourth-order valence-electron chi connectivity index (χ4n) is 1.37. The number of rotatable bonds is 2. The van der Waals surface area contributed by atoms with E-state index in [0.29, 0.717) is 6.07 Å². The number of nitrogens with zero attached hydrogens (tertiary/aromatic N) is 2. The van der Waals surface area contributed by atoms with Crippen LogP contribution in [0.5, 0.6) is 5.75 Å². The lowest BCUT2D eigenvalue weighted by Gasteiger charge is -2.14. The van der Waals surface area contributed by atoms with Crippen LogP contribution >= 0.6 is 0 Å². The Balaban J connectivity index is 3.48. The summed E-state index contributed by atoms with van der Waals surface area (Å²) in [6.45, 7) is 0. The minimum atomic E-state index is -4.82. The van der Waals surface area contributed by atoms with Crippen LogP contribution in [0.25, 0.3) is 0 Å². The molecule has 0 heterocycles. The summed E-state index contributed by atoms with van der Waals surface area (Å²) in [5, 5.41) is 0. The molecule has 0 bridgehead atoms. The molecule has 0 aromatic heterocycles. The van der Waals surface area contributed by atoms with Crippen LogP contribution in [0, 0.1) is 5.82 Å². The fraction of sp³-hybridized carbons (Fsp3) is 0.200. The van der Waals surface area contributed by atoms with E-state index in [1.807, 2.05) is 0 Å². The van der Waals surface area contributed by atoms with E-state index < -0.39 is 40.9 Å². The third-order valence-corrected chi connectivity index (χ3v) is 2.02. The molecule has 0 radical (unpaired) electrons. The number of aliphatic imine (C=N–C) groups is 2. The van der Waals surface area contributed by atoms with Gasteiger partial charge in [-0.25, -0.2) is 9.38 Å². The summed E-state index contributed by atoms with van der Waals surface area (Å²) in [4.78, 5) is 6.80. The zero-order valence-corrected chi connectivity index (χ0v) is 10.2. The smallest absolute Gasteiger partial charge is 0.420 e. The zero-order valence-electron chi connectivity index (χ0n) is 10.2. The maximum atomic E-state index is 13.2. The predicted octanol–water partition coefficient (Wildman–Crippen LogP) is 1.07. The van der Waals surface area contributed by atoms with Gasteiger partial charge in [-0.3, -0.25) is 0 Å². The van der Waals surface area contributed by atoms with E-state index in [9.17, 15) is 17.6 Å². The SMILES string of the molecule is COc1c(N=C(N)N=C(N)N)cc(F)cc1C(F)(F)F. The van der Waals surface area contributed by atoms with Gasteiger partial charge in [-0.15, -0.1) is 0 Å². The van der Waals surface area contributed by atoms with Crippen LogP contribution in [-0.2, 0) is 6.18 Å². The standard InChI is InChI=1S/C10H11F4N5O/c1-20-7-5(10(12,13)14)2-4(11)3-6(7)18-9(17)19-8(15)16/h2-3H,1H3,(H6,15,16,17,18,19). The molecule has 0 amide bonds. The molecule has 0 aliphatic heterocycles. The van der Waals surface area contributed by atoms with Crippen LogP contribution in [0.4, 0.5) is 23.2 Å². The van der Waals surface area contributed by atoms with Gasteiger partial charge < -0.3 is 21.9 Å². The molecule has 1 rings (SSSR count). The Labute approximate surface area is 110 Å². The average molecular weight is 293 g/mol. The molecule has 6 nitrogen and oxygen atoms in total. The first-order valence-corrected chi connectivity index (χ1v) is 5.03.